The van der Waals surface area contributed by atoms with E-state index in [2.05, 4.69) is 154 Å². The van der Waals surface area contributed by atoms with Crippen molar-refractivity contribution in [3.8, 4) is 0 Å². The molecule has 0 bridgehead atoms. The summed E-state index contributed by atoms with van der Waals surface area (Å²) >= 11 is 0. The van der Waals surface area contributed by atoms with Crippen molar-refractivity contribution in [2.45, 2.75) is 309 Å². The molecule has 0 aliphatic heterocycles. The predicted octanol–water partition coefficient (Wildman–Crippen LogP) is 23.3. The first kappa shape index (κ1) is 76.5. The van der Waals surface area contributed by atoms with Crippen LogP contribution in [0.4, 0.5) is 0 Å². The van der Waals surface area contributed by atoms with Gasteiger partial charge in [-0.1, -0.05) is 283 Å². The highest BCUT2D eigenvalue weighted by Crippen LogP contribution is 2.16. The lowest BCUT2D eigenvalue weighted by atomic mass is 10.0. The summed E-state index contributed by atoms with van der Waals surface area (Å²) in [7, 11) is 0. The third kappa shape index (κ3) is 66.2. The Bertz CT molecular complexity index is 1720. The number of ether oxygens (including phenoxy) is 3. The fourth-order valence-electron chi connectivity index (χ4n) is 9.14. The van der Waals surface area contributed by atoms with Gasteiger partial charge in [0.2, 0.25) is 0 Å². The molecule has 0 aromatic rings. The Morgan fingerprint density at radius 1 is 0.259 bits per heavy atom. The Kier molecular flexibility index (Phi) is 64.3. The molecule has 0 aromatic heterocycles. The average molecular weight is 1120 g/mol. The Labute approximate surface area is 500 Å². The van der Waals surface area contributed by atoms with Crippen LogP contribution in [0.3, 0.4) is 0 Å². The number of hydrogen-bond acceptors (Lipinski definition) is 6. The van der Waals surface area contributed by atoms with E-state index in [0.29, 0.717) is 19.3 Å². The van der Waals surface area contributed by atoms with Gasteiger partial charge in [0, 0.05) is 19.3 Å². The largest absolute Gasteiger partial charge is 0.462 e. The van der Waals surface area contributed by atoms with Gasteiger partial charge in [-0.25, -0.2) is 0 Å². The van der Waals surface area contributed by atoms with Gasteiger partial charge in [-0.3, -0.25) is 14.4 Å². The van der Waals surface area contributed by atoms with E-state index >= 15 is 0 Å². The molecule has 0 rings (SSSR count). The number of carbonyl (C=O) groups is 3. The molecule has 6 nitrogen and oxygen atoms in total. The maximum absolute atomic E-state index is 12.9. The summed E-state index contributed by atoms with van der Waals surface area (Å²) < 4.78 is 16.9. The highest BCUT2D eigenvalue weighted by molar-refractivity contribution is 5.71. The minimum absolute atomic E-state index is 0.100. The van der Waals surface area contributed by atoms with Crippen LogP contribution in [0.25, 0.3) is 0 Å². The van der Waals surface area contributed by atoms with E-state index in [1.807, 2.05) is 0 Å². The number of allylic oxidation sites excluding steroid dienone is 22. The first-order valence-electron chi connectivity index (χ1n) is 33.7. The second-order valence-corrected chi connectivity index (χ2v) is 22.0. The van der Waals surface area contributed by atoms with Crippen molar-refractivity contribution >= 4 is 17.9 Å². The van der Waals surface area contributed by atoms with E-state index in [9.17, 15) is 14.4 Å². The van der Waals surface area contributed by atoms with Crippen molar-refractivity contribution in [2.24, 2.45) is 0 Å². The zero-order valence-corrected chi connectivity index (χ0v) is 52.8. The molecule has 0 aliphatic carbocycles. The molecule has 0 radical (unpaired) electrons. The molecule has 0 amide bonds. The van der Waals surface area contributed by atoms with Crippen LogP contribution in [-0.2, 0) is 28.6 Å². The molecule has 460 valence electrons. The number of rotatable bonds is 60. The summed E-state index contributed by atoms with van der Waals surface area (Å²) in [6.07, 6.45) is 96.0. The molecule has 6 heteroatoms. The van der Waals surface area contributed by atoms with Gasteiger partial charge in [0.15, 0.2) is 6.10 Å². The maximum Gasteiger partial charge on any atom is 0.306 e. The molecule has 1 unspecified atom stereocenters. The monoisotopic (exact) mass is 1120 g/mol. The summed E-state index contributed by atoms with van der Waals surface area (Å²) in [5.41, 5.74) is 0. The Morgan fingerprint density at radius 2 is 0.481 bits per heavy atom. The number of unbranched alkanes of at least 4 members (excludes halogenated alkanes) is 27. The van der Waals surface area contributed by atoms with Crippen molar-refractivity contribution in [1.29, 1.82) is 0 Å². The standard InChI is InChI=1S/C75H124O6/c1-4-7-10-13-16-19-22-25-28-31-34-36-37-39-41-44-47-50-53-56-59-62-65-68-74(77)80-71-72(70-79-73(76)67-64-61-58-55-52-49-46-43-40-33-30-27-24-21-18-15-12-9-6-3)81-75(78)69-66-63-60-57-54-51-48-45-42-38-35-32-29-26-23-20-17-14-11-8-5-2/h8-9,11-12,17-18,20-21,26-27,29-31,34-35,38,40,43,45,48-49,52,72H,4-7,10,13-16,19,22-25,28,32-33,36-37,39,41-42,44,46-47,50-51,53-71H2,1-3H3/b11-8-,12-9-,20-17-,21-18-,29-26-,30-27-,34-31-,38-35-,43-40-,48-45-,52-49-. The topological polar surface area (TPSA) is 78.9 Å². The summed E-state index contributed by atoms with van der Waals surface area (Å²) in [6, 6.07) is 0. The maximum atomic E-state index is 12.9. The van der Waals surface area contributed by atoms with Crippen molar-refractivity contribution in [1.82, 2.24) is 0 Å². The molecule has 0 saturated carbocycles. The molecule has 0 aromatic carbocycles. The molecule has 0 aliphatic rings. The summed E-state index contributed by atoms with van der Waals surface area (Å²) in [5, 5.41) is 0. The van der Waals surface area contributed by atoms with Gasteiger partial charge in [-0.2, -0.15) is 0 Å². The smallest absolute Gasteiger partial charge is 0.306 e. The molecule has 0 heterocycles. The summed E-state index contributed by atoms with van der Waals surface area (Å²) in [5.74, 6) is -0.948. The van der Waals surface area contributed by atoms with E-state index < -0.39 is 6.10 Å². The molecule has 0 saturated heterocycles. The second-order valence-electron chi connectivity index (χ2n) is 22.0. The minimum Gasteiger partial charge on any atom is -0.462 e. The third-order valence-electron chi connectivity index (χ3n) is 14.1. The molecular weight excluding hydrogens is 997 g/mol. The molecular formula is C75H124O6. The van der Waals surface area contributed by atoms with Crippen LogP contribution < -0.4 is 0 Å². The lowest BCUT2D eigenvalue weighted by molar-refractivity contribution is -0.167. The van der Waals surface area contributed by atoms with Crippen molar-refractivity contribution in [2.75, 3.05) is 13.2 Å². The minimum atomic E-state index is -0.810. The fourth-order valence-corrected chi connectivity index (χ4v) is 9.14. The lowest BCUT2D eigenvalue weighted by Gasteiger charge is -2.18. The molecule has 81 heavy (non-hydrogen) atoms. The van der Waals surface area contributed by atoms with Crippen LogP contribution in [-0.4, -0.2) is 37.2 Å². The van der Waals surface area contributed by atoms with Gasteiger partial charge in [0.1, 0.15) is 13.2 Å². The zero-order valence-electron chi connectivity index (χ0n) is 52.8. The van der Waals surface area contributed by atoms with Gasteiger partial charge < -0.3 is 14.2 Å². The SMILES string of the molecule is CC/C=C\C/C=C\C/C=C\C/C=C\C/C=C\CCCCCCCC(=O)OC(COC(=O)CCCCC/C=C\C/C=C\C/C=C\C/C=C\C/C=C\CC)COC(=O)CCCCCCCCCCCCC/C=C\CCCCCCCCCC. The van der Waals surface area contributed by atoms with Crippen LogP contribution in [0.2, 0.25) is 0 Å². The highest BCUT2D eigenvalue weighted by atomic mass is 16.6. The van der Waals surface area contributed by atoms with Gasteiger partial charge in [-0.15, -0.1) is 0 Å². The van der Waals surface area contributed by atoms with E-state index in [0.717, 1.165) is 148 Å². The van der Waals surface area contributed by atoms with Gasteiger partial charge in [-0.05, 0) is 135 Å². The number of carbonyl (C=O) groups excluding carboxylic acids is 3. The third-order valence-corrected chi connectivity index (χ3v) is 14.1. The quantitative estimate of drug-likeness (QED) is 0.0261. The number of hydrogen-bond donors (Lipinski definition) is 0. The fraction of sp³-hybridized carbons (Fsp3) is 0.667. The molecule has 0 N–H and O–H groups in total. The van der Waals surface area contributed by atoms with Gasteiger partial charge in [0.05, 0.1) is 0 Å². The van der Waals surface area contributed by atoms with Gasteiger partial charge in [0.25, 0.3) is 0 Å². The van der Waals surface area contributed by atoms with Crippen LogP contribution in [0.5, 0.6) is 0 Å². The first-order chi connectivity index (χ1) is 40.0. The van der Waals surface area contributed by atoms with Crippen LogP contribution in [0, 0.1) is 0 Å². The van der Waals surface area contributed by atoms with Crippen LogP contribution in [0.15, 0.2) is 134 Å². The molecule has 0 spiro atoms. The van der Waals surface area contributed by atoms with E-state index in [-0.39, 0.29) is 31.1 Å². The zero-order chi connectivity index (χ0) is 58.5. The molecule has 0 fully saturated rings. The Balaban J connectivity index is 4.47. The predicted molar refractivity (Wildman–Crippen MR) is 353 cm³/mol. The summed E-state index contributed by atoms with van der Waals surface area (Å²) in [4.78, 5) is 38.4. The van der Waals surface area contributed by atoms with Crippen LogP contribution in [0.1, 0.15) is 303 Å². The molecule has 1 atom stereocenters. The average Bonchev–Trinajstić information content (AvgIpc) is 3.47. The van der Waals surface area contributed by atoms with E-state index in [1.54, 1.807) is 0 Å². The first-order valence-corrected chi connectivity index (χ1v) is 33.7. The Morgan fingerprint density at radius 3 is 0.778 bits per heavy atom. The number of esters is 3. The van der Waals surface area contributed by atoms with E-state index in [1.165, 1.54) is 116 Å². The van der Waals surface area contributed by atoms with Crippen molar-refractivity contribution < 1.29 is 28.6 Å². The highest BCUT2D eigenvalue weighted by Gasteiger charge is 2.19. The van der Waals surface area contributed by atoms with Crippen molar-refractivity contribution in [3.63, 3.8) is 0 Å². The van der Waals surface area contributed by atoms with E-state index in [4.69, 9.17) is 14.2 Å². The van der Waals surface area contributed by atoms with Crippen molar-refractivity contribution in [3.05, 3.63) is 134 Å². The Hall–Kier alpha value is -4.45. The summed E-state index contributed by atoms with van der Waals surface area (Å²) in [6.45, 7) is 6.39. The van der Waals surface area contributed by atoms with Gasteiger partial charge >= 0.3 is 17.9 Å². The van der Waals surface area contributed by atoms with Crippen LogP contribution >= 0.6 is 0 Å². The normalized spacial score (nSPS) is 13.0. The lowest BCUT2D eigenvalue weighted by Crippen LogP contribution is -2.30. The second kappa shape index (κ2) is 68.1.